The summed E-state index contributed by atoms with van der Waals surface area (Å²) < 4.78 is 5.54. The van der Waals surface area contributed by atoms with Crippen LogP contribution in [-0.4, -0.2) is 15.8 Å². The van der Waals surface area contributed by atoms with Crippen molar-refractivity contribution in [2.45, 2.75) is 84.5 Å². The molecule has 11 aromatic rings. The van der Waals surface area contributed by atoms with Crippen LogP contribution in [0.2, 0.25) is 0 Å². The Balaban J connectivity index is 1.27. The quantitative estimate of drug-likeness (QED) is 0.153. The van der Waals surface area contributed by atoms with Crippen molar-refractivity contribution in [2.75, 3.05) is 0 Å². The van der Waals surface area contributed by atoms with E-state index < -0.39 is 5.41 Å². The molecule has 1 aliphatic carbocycles. The first-order chi connectivity index (χ1) is 33.1. The van der Waals surface area contributed by atoms with E-state index in [2.05, 4.69) is 216 Å². The Morgan fingerprint density at radius 2 is 0.897 bits per heavy atom. The van der Waals surface area contributed by atoms with Gasteiger partial charge in [-0.05, 0) is 148 Å². The van der Waals surface area contributed by atoms with E-state index in [1.54, 1.807) is 0 Å². The number of benzene rings is 9. The van der Waals surface area contributed by atoms with Crippen molar-refractivity contribution in [2.24, 2.45) is 0 Å². The highest BCUT2D eigenvalue weighted by Crippen LogP contribution is 2.63. The molecule has 326 valence electrons. The van der Waals surface area contributed by atoms with Crippen molar-refractivity contribution in [1.29, 1.82) is 0 Å². The second kappa shape index (κ2) is 13.1. The highest BCUT2D eigenvalue weighted by molar-refractivity contribution is 7.00. The Morgan fingerprint density at radius 1 is 0.368 bits per heavy atom. The monoisotopic (exact) mass is 872 g/mol. The number of fused-ring (bicyclic) bond motifs is 15. The molecule has 0 saturated heterocycles. The lowest BCUT2D eigenvalue weighted by Gasteiger charge is -2.45. The molecule has 9 aromatic carbocycles. The number of hydrogen-bond donors (Lipinski definition) is 0. The zero-order valence-corrected chi connectivity index (χ0v) is 40.2. The summed E-state index contributed by atoms with van der Waals surface area (Å²) in [5, 5.41) is 8.05. The van der Waals surface area contributed by atoms with Gasteiger partial charge in [0.1, 0.15) is 0 Å². The van der Waals surface area contributed by atoms with Gasteiger partial charge in [-0.25, -0.2) is 0 Å². The Labute approximate surface area is 399 Å². The molecule has 0 amide bonds. The second-order valence-electron chi connectivity index (χ2n) is 21.9. The third-order valence-corrected chi connectivity index (χ3v) is 17.1. The topological polar surface area (TPSA) is 9.86 Å². The Hall–Kier alpha value is -7.10. The molecule has 5 heterocycles. The van der Waals surface area contributed by atoms with Crippen molar-refractivity contribution in [3.63, 3.8) is 0 Å². The average Bonchev–Trinajstić information content (AvgIpc) is 3.97. The SMILES string of the molecule is CC(C)c1ccc2c(c1)c1cc(C(C)C)cc3c1n2-c1c(-c2cccc4ccccc24)cc2c4c1B3c1cc(C(C)C)cc3c5cc(C(C)C)cc(c5n-4c13)C21c2ccccc2-c2ccccc21. The molecule has 2 aromatic heterocycles. The van der Waals surface area contributed by atoms with E-state index in [-0.39, 0.29) is 6.71 Å². The van der Waals surface area contributed by atoms with Crippen molar-refractivity contribution in [3.8, 4) is 33.6 Å². The summed E-state index contributed by atoms with van der Waals surface area (Å²) in [4.78, 5) is 0. The fourth-order valence-electron chi connectivity index (χ4n) is 13.9. The second-order valence-corrected chi connectivity index (χ2v) is 21.9. The highest BCUT2D eigenvalue weighted by atomic mass is 15.1. The molecule has 15 rings (SSSR count). The Morgan fingerprint density at radius 3 is 1.56 bits per heavy atom. The number of aromatic nitrogens is 2. The van der Waals surface area contributed by atoms with Crippen LogP contribution in [0, 0.1) is 0 Å². The summed E-state index contributed by atoms with van der Waals surface area (Å²) in [6, 6.07) is 60.5. The van der Waals surface area contributed by atoms with Crippen molar-refractivity contribution in [1.82, 2.24) is 9.13 Å². The van der Waals surface area contributed by atoms with Crippen LogP contribution in [0.15, 0.2) is 152 Å². The van der Waals surface area contributed by atoms with Gasteiger partial charge in [0.05, 0.1) is 22.1 Å². The van der Waals surface area contributed by atoms with E-state index in [0.717, 1.165) is 0 Å². The zero-order valence-electron chi connectivity index (χ0n) is 40.2. The third-order valence-electron chi connectivity index (χ3n) is 17.1. The average molecular weight is 873 g/mol. The fraction of sp³-hybridized carbons (Fsp3) is 0.200. The van der Waals surface area contributed by atoms with Gasteiger partial charge in [0.2, 0.25) is 0 Å². The summed E-state index contributed by atoms with van der Waals surface area (Å²) in [6.45, 7) is 19.0. The fourth-order valence-corrected chi connectivity index (χ4v) is 13.9. The third kappa shape index (κ3) is 4.53. The van der Waals surface area contributed by atoms with Crippen LogP contribution < -0.4 is 16.4 Å². The van der Waals surface area contributed by atoms with Gasteiger partial charge >= 0.3 is 0 Å². The van der Waals surface area contributed by atoms with Gasteiger partial charge in [0.25, 0.3) is 6.71 Å². The zero-order chi connectivity index (χ0) is 45.8. The lowest BCUT2D eigenvalue weighted by atomic mass is 9.33. The van der Waals surface area contributed by atoms with Crippen LogP contribution in [0.5, 0.6) is 0 Å². The first-order valence-corrected chi connectivity index (χ1v) is 25.2. The van der Waals surface area contributed by atoms with Gasteiger partial charge in [-0.2, -0.15) is 0 Å². The van der Waals surface area contributed by atoms with Gasteiger partial charge < -0.3 is 9.13 Å². The molecule has 0 N–H and O–H groups in total. The molecule has 1 spiro atoms. The summed E-state index contributed by atoms with van der Waals surface area (Å²) in [5.74, 6) is 1.49. The van der Waals surface area contributed by atoms with E-state index in [0.29, 0.717) is 23.7 Å². The maximum Gasteiger partial charge on any atom is 0.252 e. The molecule has 0 fully saturated rings. The van der Waals surface area contributed by atoms with Crippen molar-refractivity contribution < 1.29 is 0 Å². The molecule has 0 atom stereocenters. The van der Waals surface area contributed by atoms with Crippen LogP contribution in [0.1, 0.15) is 124 Å². The molecule has 0 saturated carbocycles. The minimum Gasteiger partial charge on any atom is -0.310 e. The van der Waals surface area contributed by atoms with Gasteiger partial charge in [-0.3, -0.25) is 0 Å². The largest absolute Gasteiger partial charge is 0.310 e. The number of nitrogens with zero attached hydrogens (tertiary/aromatic N) is 2. The predicted molar refractivity (Wildman–Crippen MR) is 290 cm³/mol. The molecule has 3 heteroatoms. The van der Waals surface area contributed by atoms with Gasteiger partial charge in [-0.1, -0.05) is 171 Å². The van der Waals surface area contributed by atoms with E-state index >= 15 is 0 Å². The van der Waals surface area contributed by atoms with Gasteiger partial charge in [0, 0.05) is 43.8 Å². The first-order valence-electron chi connectivity index (χ1n) is 25.2. The first kappa shape index (κ1) is 39.0. The smallest absolute Gasteiger partial charge is 0.252 e. The van der Waals surface area contributed by atoms with E-state index in [9.17, 15) is 0 Å². The van der Waals surface area contributed by atoms with Gasteiger partial charge in [0.15, 0.2) is 0 Å². The predicted octanol–water partition coefficient (Wildman–Crippen LogP) is 15.0. The summed E-state index contributed by atoms with van der Waals surface area (Å²) in [7, 11) is 0. The molecular weight excluding hydrogens is 820 g/mol. The van der Waals surface area contributed by atoms with E-state index in [1.165, 1.54) is 149 Å². The molecular formula is C65H53BN2. The number of rotatable bonds is 5. The van der Waals surface area contributed by atoms with Crippen molar-refractivity contribution >= 4 is 77.5 Å². The summed E-state index contributed by atoms with van der Waals surface area (Å²) >= 11 is 0. The van der Waals surface area contributed by atoms with Crippen LogP contribution in [0.25, 0.3) is 88.0 Å². The molecule has 68 heavy (non-hydrogen) atoms. The number of hydrogen-bond acceptors (Lipinski definition) is 0. The maximum atomic E-state index is 2.80. The van der Waals surface area contributed by atoms with Crippen LogP contribution in [-0.2, 0) is 5.41 Å². The molecule has 3 aliphatic heterocycles. The highest BCUT2D eigenvalue weighted by Gasteiger charge is 2.55. The summed E-state index contributed by atoms with van der Waals surface area (Å²) in [6.07, 6.45) is 0. The minimum absolute atomic E-state index is 0.00401. The lowest BCUT2D eigenvalue weighted by molar-refractivity contribution is 0.744. The molecule has 0 unspecified atom stereocenters. The summed E-state index contributed by atoms with van der Waals surface area (Å²) in [5.41, 5.74) is 28.3. The lowest BCUT2D eigenvalue weighted by Crippen LogP contribution is -2.61. The minimum atomic E-state index is -0.576. The van der Waals surface area contributed by atoms with Crippen LogP contribution in [0.3, 0.4) is 0 Å². The van der Waals surface area contributed by atoms with Gasteiger partial charge in [-0.15, -0.1) is 0 Å². The van der Waals surface area contributed by atoms with E-state index in [4.69, 9.17) is 0 Å². The molecule has 2 nitrogen and oxygen atoms in total. The Bertz CT molecular complexity index is 4060. The normalized spacial score (nSPS) is 14.5. The Kier molecular flexibility index (Phi) is 7.51. The molecule has 4 aliphatic rings. The van der Waals surface area contributed by atoms with Crippen LogP contribution >= 0.6 is 0 Å². The van der Waals surface area contributed by atoms with E-state index in [1.807, 2.05) is 0 Å². The molecule has 0 radical (unpaired) electrons. The maximum absolute atomic E-state index is 2.80. The standard InChI is InChI=1S/C65H53BN2/c1-34(2)39-24-25-58-47(26-39)48-28-41(36(5)6)31-56-61(48)67(58)63-51(44-21-15-17-38-16-9-10-18-43(38)44)33-55-64-59(63)66(56)57-32-42(37(7)8)29-50-49-27-40(35(3)4)30-54(60(49)68(64)62(50)57)65(55)52-22-13-11-19-45(52)46-20-12-14-23-53(46)65/h9-37H,1-8H3. The van der Waals surface area contributed by atoms with Crippen LogP contribution in [0.4, 0.5) is 0 Å². The van der Waals surface area contributed by atoms with Crippen molar-refractivity contribution in [3.05, 3.63) is 196 Å². The molecule has 0 bridgehead atoms.